The van der Waals surface area contributed by atoms with E-state index in [4.69, 9.17) is 8.83 Å². The van der Waals surface area contributed by atoms with E-state index < -0.39 is 0 Å². The van der Waals surface area contributed by atoms with Crippen molar-refractivity contribution in [1.29, 1.82) is 0 Å². The Hall–Kier alpha value is -6.64. The van der Waals surface area contributed by atoms with Crippen LogP contribution in [0.5, 0.6) is 0 Å². The summed E-state index contributed by atoms with van der Waals surface area (Å²) in [5.41, 5.74) is 14.8. The van der Waals surface area contributed by atoms with Crippen LogP contribution in [0.25, 0.3) is 99.5 Å². The highest BCUT2D eigenvalue weighted by Gasteiger charge is 2.18. The van der Waals surface area contributed by atoms with E-state index in [0.717, 1.165) is 77.3 Å². The van der Waals surface area contributed by atoms with Gasteiger partial charge in [0.05, 0.1) is 0 Å². The maximum absolute atomic E-state index is 6.57. The predicted molar refractivity (Wildman–Crippen MR) is 208 cm³/mol. The fourth-order valence-corrected chi connectivity index (χ4v) is 7.44. The van der Waals surface area contributed by atoms with E-state index in [-0.39, 0.29) is 0 Å². The molecule has 0 unspecified atom stereocenters. The van der Waals surface area contributed by atoms with Crippen LogP contribution in [0.2, 0.25) is 0 Å². The van der Waals surface area contributed by atoms with Crippen LogP contribution in [0, 0.1) is 0 Å². The number of rotatable bonds is 5. The summed E-state index contributed by atoms with van der Waals surface area (Å²) >= 11 is 0. The van der Waals surface area contributed by atoms with Crippen molar-refractivity contribution in [2.75, 3.05) is 0 Å². The van der Waals surface area contributed by atoms with E-state index in [1.54, 1.807) is 0 Å². The van der Waals surface area contributed by atoms with Gasteiger partial charge in [-0.15, -0.1) is 0 Å². The molecule has 0 bridgehead atoms. The fourth-order valence-electron chi connectivity index (χ4n) is 7.44. The first kappa shape index (κ1) is 28.4. The lowest BCUT2D eigenvalue weighted by molar-refractivity contribution is 0.670. The Morgan fingerprint density at radius 3 is 1.04 bits per heavy atom. The lowest BCUT2D eigenvalue weighted by Gasteiger charge is -2.15. The Labute approximate surface area is 289 Å². The highest BCUT2D eigenvalue weighted by Crippen LogP contribution is 2.43. The zero-order valence-corrected chi connectivity index (χ0v) is 27.1. The van der Waals surface area contributed by atoms with Crippen LogP contribution in [0.15, 0.2) is 191 Å². The minimum Gasteiger partial charge on any atom is -0.455 e. The standard InChI is InChI=1S/C48H30O2/c1-3-13-31(14-4-1)33-25-34(32-15-5-2-6-16-32)27-35(26-33)36-28-37(39-19-11-21-43-41-17-7-9-23-45(41)49-47(39)43)30-38(29-36)40-20-12-22-44-42-18-8-10-24-46(42)50-48(40)44/h1-30H. The van der Waals surface area contributed by atoms with Crippen molar-refractivity contribution >= 4 is 43.9 Å². The summed E-state index contributed by atoms with van der Waals surface area (Å²) in [6, 6.07) is 64.6. The molecule has 50 heavy (non-hydrogen) atoms. The fraction of sp³-hybridized carbons (Fsp3) is 0. The second-order valence-electron chi connectivity index (χ2n) is 12.9. The number of benzene rings is 8. The number of furan rings is 2. The molecule has 0 amide bonds. The lowest BCUT2D eigenvalue weighted by atomic mass is 9.89. The van der Waals surface area contributed by atoms with Crippen molar-refractivity contribution in [3.63, 3.8) is 0 Å². The zero-order chi connectivity index (χ0) is 33.0. The van der Waals surface area contributed by atoms with Gasteiger partial charge >= 0.3 is 0 Å². The Balaban J connectivity index is 1.26. The van der Waals surface area contributed by atoms with Gasteiger partial charge in [-0.2, -0.15) is 0 Å². The highest BCUT2D eigenvalue weighted by molar-refractivity contribution is 6.11. The molecule has 0 atom stereocenters. The summed E-state index contributed by atoms with van der Waals surface area (Å²) in [6.45, 7) is 0. The molecule has 2 heteroatoms. The first-order chi connectivity index (χ1) is 24.8. The molecule has 10 aromatic rings. The highest BCUT2D eigenvalue weighted by atomic mass is 16.3. The molecule has 0 saturated carbocycles. The van der Waals surface area contributed by atoms with Crippen molar-refractivity contribution in [2.45, 2.75) is 0 Å². The molecule has 8 aromatic carbocycles. The van der Waals surface area contributed by atoms with Gasteiger partial charge in [-0.05, 0) is 93.0 Å². The topological polar surface area (TPSA) is 26.3 Å². The summed E-state index contributed by atoms with van der Waals surface area (Å²) in [4.78, 5) is 0. The van der Waals surface area contributed by atoms with Gasteiger partial charge in [0.15, 0.2) is 0 Å². The molecule has 0 N–H and O–H groups in total. The minimum absolute atomic E-state index is 0.890. The quantitative estimate of drug-likeness (QED) is 0.187. The smallest absolute Gasteiger partial charge is 0.143 e. The van der Waals surface area contributed by atoms with Gasteiger partial charge in [-0.1, -0.05) is 133 Å². The molecule has 0 aliphatic heterocycles. The molecule has 0 fully saturated rings. The molecule has 0 aliphatic rings. The minimum atomic E-state index is 0.890. The van der Waals surface area contributed by atoms with E-state index in [1.165, 1.54) is 22.3 Å². The molecule has 2 aromatic heterocycles. The number of hydrogen-bond acceptors (Lipinski definition) is 2. The molecular weight excluding hydrogens is 609 g/mol. The summed E-state index contributed by atoms with van der Waals surface area (Å²) in [5.74, 6) is 0. The molecule has 0 aliphatic carbocycles. The van der Waals surface area contributed by atoms with Crippen LogP contribution >= 0.6 is 0 Å². The molecule has 0 radical (unpaired) electrons. The van der Waals surface area contributed by atoms with E-state index in [9.17, 15) is 0 Å². The average molecular weight is 639 g/mol. The number of hydrogen-bond donors (Lipinski definition) is 0. The first-order valence-electron chi connectivity index (χ1n) is 17.0. The van der Waals surface area contributed by atoms with Gasteiger partial charge in [-0.25, -0.2) is 0 Å². The summed E-state index contributed by atoms with van der Waals surface area (Å²) in [6.07, 6.45) is 0. The van der Waals surface area contributed by atoms with Crippen LogP contribution < -0.4 is 0 Å². The molecule has 2 nitrogen and oxygen atoms in total. The van der Waals surface area contributed by atoms with Crippen LogP contribution in [0.3, 0.4) is 0 Å². The maximum atomic E-state index is 6.57. The Morgan fingerprint density at radius 1 is 0.240 bits per heavy atom. The molecule has 10 rings (SSSR count). The van der Waals surface area contributed by atoms with E-state index in [0.29, 0.717) is 0 Å². The van der Waals surface area contributed by atoms with Crippen molar-refractivity contribution in [2.24, 2.45) is 0 Å². The van der Waals surface area contributed by atoms with Gasteiger partial charge in [0, 0.05) is 32.7 Å². The third-order valence-electron chi connectivity index (χ3n) is 9.84. The summed E-state index contributed by atoms with van der Waals surface area (Å²) < 4.78 is 13.1. The summed E-state index contributed by atoms with van der Waals surface area (Å²) in [7, 11) is 0. The number of fused-ring (bicyclic) bond motifs is 6. The average Bonchev–Trinajstić information content (AvgIpc) is 3.77. The Bertz CT molecular complexity index is 2670. The predicted octanol–water partition coefficient (Wildman–Crippen LogP) is 13.8. The largest absolute Gasteiger partial charge is 0.455 e. The van der Waals surface area contributed by atoms with Gasteiger partial charge in [-0.3, -0.25) is 0 Å². The SMILES string of the molecule is c1ccc(-c2cc(-c3ccccc3)cc(-c3cc(-c4cccc5c4oc4ccccc45)cc(-c4cccc5c4oc4ccccc45)c3)c2)cc1. The second kappa shape index (κ2) is 11.5. The van der Waals surface area contributed by atoms with Gasteiger partial charge in [0.1, 0.15) is 22.3 Å². The second-order valence-corrected chi connectivity index (χ2v) is 12.9. The monoisotopic (exact) mass is 638 g/mol. The van der Waals surface area contributed by atoms with Gasteiger partial charge in [0.2, 0.25) is 0 Å². The van der Waals surface area contributed by atoms with E-state index in [1.807, 2.05) is 24.3 Å². The molecular formula is C48H30O2. The van der Waals surface area contributed by atoms with Crippen molar-refractivity contribution in [3.05, 3.63) is 182 Å². The molecule has 2 heterocycles. The van der Waals surface area contributed by atoms with Gasteiger partial charge < -0.3 is 8.83 Å². The van der Waals surface area contributed by atoms with Gasteiger partial charge in [0.25, 0.3) is 0 Å². The van der Waals surface area contributed by atoms with Crippen LogP contribution in [0.4, 0.5) is 0 Å². The van der Waals surface area contributed by atoms with Crippen LogP contribution in [-0.2, 0) is 0 Å². The maximum Gasteiger partial charge on any atom is 0.143 e. The lowest BCUT2D eigenvalue weighted by Crippen LogP contribution is -1.89. The van der Waals surface area contributed by atoms with Crippen molar-refractivity contribution in [1.82, 2.24) is 0 Å². The molecule has 0 saturated heterocycles. The van der Waals surface area contributed by atoms with Crippen LogP contribution in [0.1, 0.15) is 0 Å². The van der Waals surface area contributed by atoms with Crippen molar-refractivity contribution in [3.8, 4) is 55.6 Å². The third-order valence-corrected chi connectivity index (χ3v) is 9.84. The molecule has 0 spiro atoms. The third kappa shape index (κ3) is 4.73. The summed E-state index contributed by atoms with van der Waals surface area (Å²) in [5, 5.41) is 4.47. The van der Waals surface area contributed by atoms with Crippen molar-refractivity contribution < 1.29 is 8.83 Å². The number of para-hydroxylation sites is 4. The Morgan fingerprint density at radius 2 is 0.580 bits per heavy atom. The first-order valence-corrected chi connectivity index (χ1v) is 17.0. The van der Waals surface area contributed by atoms with E-state index in [2.05, 4.69) is 158 Å². The van der Waals surface area contributed by atoms with E-state index >= 15 is 0 Å². The normalized spacial score (nSPS) is 11.6. The Kier molecular flexibility index (Phi) is 6.53. The molecule has 234 valence electrons. The zero-order valence-electron chi connectivity index (χ0n) is 27.1. The van der Waals surface area contributed by atoms with Crippen LogP contribution in [-0.4, -0.2) is 0 Å².